The Bertz CT molecular complexity index is 189. The van der Waals surface area contributed by atoms with Crippen molar-refractivity contribution in [1.29, 1.82) is 0 Å². The van der Waals surface area contributed by atoms with Gasteiger partial charge in [0.25, 0.3) is 0 Å². The van der Waals surface area contributed by atoms with Crippen molar-refractivity contribution in [2.24, 2.45) is 5.92 Å². The second-order valence-electron chi connectivity index (χ2n) is 4.15. The molecular weight excluding hydrogens is 176 g/mol. The van der Waals surface area contributed by atoms with Crippen LogP contribution in [0.2, 0.25) is 0 Å². The average molecular weight is 198 g/mol. The molecule has 0 radical (unpaired) electrons. The average Bonchev–Trinajstić information content (AvgIpc) is 2.65. The number of hydrogen-bond acceptors (Lipinski definition) is 2. The van der Waals surface area contributed by atoms with Crippen LogP contribution >= 0.6 is 0 Å². The largest absolute Gasteiger partial charge is 0.392 e. The maximum Gasteiger partial charge on any atom is 0.0630 e. The molecule has 1 saturated heterocycles. The van der Waals surface area contributed by atoms with Crippen LogP contribution in [0.15, 0.2) is 12.2 Å². The van der Waals surface area contributed by atoms with E-state index in [-0.39, 0.29) is 12.2 Å². The summed E-state index contributed by atoms with van der Waals surface area (Å²) in [5.41, 5.74) is 1.14. The topological polar surface area (TPSA) is 29.5 Å². The minimum atomic E-state index is -0.255. The standard InChI is InChI=1S/C12H22O2/c1-4-9(3)8-11(13)10-6-7-14-12(10)5-2/h10-13H,3-8H2,1-2H3. The third-order valence-electron chi connectivity index (χ3n) is 3.16. The molecule has 0 aromatic rings. The summed E-state index contributed by atoms with van der Waals surface area (Å²) in [5, 5.41) is 10.0. The highest BCUT2D eigenvalue weighted by Gasteiger charge is 2.32. The van der Waals surface area contributed by atoms with Gasteiger partial charge in [-0.25, -0.2) is 0 Å². The fourth-order valence-electron chi connectivity index (χ4n) is 2.12. The molecule has 0 aromatic heterocycles. The maximum absolute atomic E-state index is 10.0. The first-order valence-electron chi connectivity index (χ1n) is 5.65. The van der Waals surface area contributed by atoms with Crippen molar-refractivity contribution >= 4 is 0 Å². The number of ether oxygens (including phenoxy) is 1. The molecular formula is C12H22O2. The van der Waals surface area contributed by atoms with Crippen molar-refractivity contribution in [2.75, 3.05) is 6.61 Å². The van der Waals surface area contributed by atoms with Crippen LogP contribution in [0.5, 0.6) is 0 Å². The van der Waals surface area contributed by atoms with Gasteiger partial charge in [0.1, 0.15) is 0 Å². The molecule has 1 rings (SSSR count). The van der Waals surface area contributed by atoms with E-state index in [0.717, 1.165) is 37.9 Å². The molecule has 0 aromatic carbocycles. The second-order valence-corrected chi connectivity index (χ2v) is 4.15. The van der Waals surface area contributed by atoms with Gasteiger partial charge in [-0.05, 0) is 25.7 Å². The van der Waals surface area contributed by atoms with Gasteiger partial charge in [-0.3, -0.25) is 0 Å². The van der Waals surface area contributed by atoms with Crippen LogP contribution in [0, 0.1) is 5.92 Å². The van der Waals surface area contributed by atoms with Crippen LogP contribution in [0.3, 0.4) is 0 Å². The van der Waals surface area contributed by atoms with E-state index in [1.165, 1.54) is 0 Å². The molecule has 3 unspecified atom stereocenters. The Labute approximate surface area is 87.0 Å². The van der Waals surface area contributed by atoms with Gasteiger partial charge in [0.15, 0.2) is 0 Å². The van der Waals surface area contributed by atoms with E-state index in [2.05, 4.69) is 20.4 Å². The van der Waals surface area contributed by atoms with E-state index in [4.69, 9.17) is 4.74 Å². The van der Waals surface area contributed by atoms with Crippen molar-refractivity contribution in [3.05, 3.63) is 12.2 Å². The fraction of sp³-hybridized carbons (Fsp3) is 0.833. The Balaban J connectivity index is 2.42. The van der Waals surface area contributed by atoms with Crippen LogP contribution in [0.25, 0.3) is 0 Å². The minimum absolute atomic E-state index is 0.255. The summed E-state index contributed by atoms with van der Waals surface area (Å²) in [4.78, 5) is 0. The van der Waals surface area contributed by atoms with E-state index in [1.807, 2.05) is 0 Å². The molecule has 0 amide bonds. The predicted octanol–water partition coefficient (Wildman–Crippen LogP) is 2.52. The van der Waals surface area contributed by atoms with Gasteiger partial charge in [-0.2, -0.15) is 0 Å². The molecule has 82 valence electrons. The zero-order valence-electron chi connectivity index (χ0n) is 9.33. The van der Waals surface area contributed by atoms with Crippen LogP contribution in [0.1, 0.15) is 39.5 Å². The lowest BCUT2D eigenvalue weighted by Crippen LogP contribution is -2.28. The summed E-state index contributed by atoms with van der Waals surface area (Å²) in [6.45, 7) is 8.94. The number of aliphatic hydroxyl groups is 1. The molecule has 1 aliphatic rings. The van der Waals surface area contributed by atoms with Crippen molar-refractivity contribution in [3.63, 3.8) is 0 Å². The van der Waals surface area contributed by atoms with Crippen molar-refractivity contribution < 1.29 is 9.84 Å². The molecule has 14 heavy (non-hydrogen) atoms. The van der Waals surface area contributed by atoms with E-state index in [1.54, 1.807) is 0 Å². The Morgan fingerprint density at radius 2 is 2.29 bits per heavy atom. The van der Waals surface area contributed by atoms with Gasteiger partial charge in [0.2, 0.25) is 0 Å². The van der Waals surface area contributed by atoms with E-state index in [0.29, 0.717) is 5.92 Å². The van der Waals surface area contributed by atoms with Gasteiger partial charge in [-0.1, -0.05) is 26.0 Å². The van der Waals surface area contributed by atoms with Crippen LogP contribution in [-0.4, -0.2) is 23.9 Å². The predicted molar refractivity (Wildman–Crippen MR) is 58.2 cm³/mol. The molecule has 1 heterocycles. The van der Waals surface area contributed by atoms with Gasteiger partial charge < -0.3 is 9.84 Å². The van der Waals surface area contributed by atoms with E-state index in [9.17, 15) is 5.11 Å². The van der Waals surface area contributed by atoms with Gasteiger partial charge >= 0.3 is 0 Å². The molecule has 3 atom stereocenters. The zero-order chi connectivity index (χ0) is 10.6. The quantitative estimate of drug-likeness (QED) is 0.688. The molecule has 0 aliphatic carbocycles. The first-order chi connectivity index (χ1) is 6.69. The first kappa shape index (κ1) is 11.7. The number of aliphatic hydroxyl groups excluding tert-OH is 1. The summed E-state index contributed by atoms with van der Waals surface area (Å²) in [5.74, 6) is 0.322. The summed E-state index contributed by atoms with van der Waals surface area (Å²) in [6, 6.07) is 0. The first-order valence-corrected chi connectivity index (χ1v) is 5.65. The molecule has 0 bridgehead atoms. The summed E-state index contributed by atoms with van der Waals surface area (Å²) in [6.07, 6.45) is 3.70. The minimum Gasteiger partial charge on any atom is -0.392 e. The van der Waals surface area contributed by atoms with Gasteiger partial charge in [0, 0.05) is 12.5 Å². The van der Waals surface area contributed by atoms with E-state index < -0.39 is 0 Å². The monoisotopic (exact) mass is 198 g/mol. The molecule has 0 saturated carbocycles. The van der Waals surface area contributed by atoms with Gasteiger partial charge in [-0.15, -0.1) is 0 Å². The van der Waals surface area contributed by atoms with Crippen molar-refractivity contribution in [3.8, 4) is 0 Å². The molecule has 1 fully saturated rings. The number of hydrogen-bond donors (Lipinski definition) is 1. The molecule has 2 nitrogen and oxygen atoms in total. The Morgan fingerprint density at radius 3 is 2.86 bits per heavy atom. The molecule has 1 N–H and O–H groups in total. The third-order valence-corrected chi connectivity index (χ3v) is 3.16. The molecule has 0 spiro atoms. The third kappa shape index (κ3) is 2.82. The summed E-state index contributed by atoms with van der Waals surface area (Å²) in [7, 11) is 0. The summed E-state index contributed by atoms with van der Waals surface area (Å²) >= 11 is 0. The SMILES string of the molecule is C=C(CC)CC(O)C1CCOC1CC. The Hall–Kier alpha value is -0.340. The highest BCUT2D eigenvalue weighted by molar-refractivity contribution is 4.97. The second kappa shape index (κ2) is 5.52. The molecule has 1 aliphatic heterocycles. The lowest BCUT2D eigenvalue weighted by atomic mass is 9.89. The Morgan fingerprint density at radius 1 is 1.57 bits per heavy atom. The van der Waals surface area contributed by atoms with Gasteiger partial charge in [0.05, 0.1) is 12.2 Å². The maximum atomic E-state index is 10.0. The zero-order valence-corrected chi connectivity index (χ0v) is 9.33. The molecule has 2 heteroatoms. The van der Waals surface area contributed by atoms with Crippen LogP contribution in [0.4, 0.5) is 0 Å². The summed E-state index contributed by atoms with van der Waals surface area (Å²) < 4.78 is 5.56. The highest BCUT2D eigenvalue weighted by Crippen LogP contribution is 2.29. The van der Waals surface area contributed by atoms with Crippen molar-refractivity contribution in [2.45, 2.75) is 51.7 Å². The van der Waals surface area contributed by atoms with Crippen LogP contribution < -0.4 is 0 Å². The smallest absolute Gasteiger partial charge is 0.0630 e. The van der Waals surface area contributed by atoms with Crippen molar-refractivity contribution in [1.82, 2.24) is 0 Å². The highest BCUT2D eigenvalue weighted by atomic mass is 16.5. The normalized spacial score (nSPS) is 29.1. The lowest BCUT2D eigenvalue weighted by molar-refractivity contribution is 0.0316. The van der Waals surface area contributed by atoms with Crippen LogP contribution in [-0.2, 0) is 4.74 Å². The fourth-order valence-corrected chi connectivity index (χ4v) is 2.12. The van der Waals surface area contributed by atoms with E-state index >= 15 is 0 Å². The lowest BCUT2D eigenvalue weighted by Gasteiger charge is -2.23. The Kier molecular flexibility index (Phi) is 4.63. The number of rotatable bonds is 5.